The Morgan fingerprint density at radius 1 is 0.969 bits per heavy atom. The monoisotopic (exact) mass is 437 g/mol. The molecule has 4 aliphatic rings. The summed E-state index contributed by atoms with van der Waals surface area (Å²) in [6.07, 6.45) is 7.52. The van der Waals surface area contributed by atoms with Gasteiger partial charge >= 0.3 is 0 Å². The van der Waals surface area contributed by atoms with Crippen molar-refractivity contribution in [1.29, 1.82) is 0 Å². The van der Waals surface area contributed by atoms with Gasteiger partial charge in [0.1, 0.15) is 23.4 Å². The van der Waals surface area contributed by atoms with Crippen molar-refractivity contribution in [3.05, 3.63) is 59.9 Å². The van der Waals surface area contributed by atoms with Gasteiger partial charge in [0.25, 0.3) is 0 Å². The van der Waals surface area contributed by atoms with E-state index in [1.807, 2.05) is 24.3 Å². The fourth-order valence-corrected chi connectivity index (χ4v) is 6.68. The lowest BCUT2D eigenvalue weighted by molar-refractivity contribution is -0.146. The van der Waals surface area contributed by atoms with Crippen LogP contribution in [0, 0.1) is 29.0 Å². The molecule has 170 valence electrons. The van der Waals surface area contributed by atoms with E-state index in [9.17, 15) is 9.18 Å². The van der Waals surface area contributed by atoms with Gasteiger partial charge in [0, 0.05) is 18.4 Å². The molecule has 6 rings (SSSR count). The lowest BCUT2D eigenvalue weighted by atomic mass is 9.49. The summed E-state index contributed by atoms with van der Waals surface area (Å²) in [7, 11) is 1.63. The Morgan fingerprint density at radius 3 is 2.09 bits per heavy atom. The fraction of sp³-hybridized carbons (Fsp3) is 0.519. The third-order valence-corrected chi connectivity index (χ3v) is 7.79. The van der Waals surface area contributed by atoms with Crippen LogP contribution in [0.4, 0.5) is 4.39 Å². The first-order valence-electron chi connectivity index (χ1n) is 11.9. The van der Waals surface area contributed by atoms with Gasteiger partial charge in [0.2, 0.25) is 5.91 Å². The van der Waals surface area contributed by atoms with Crippen LogP contribution in [0.25, 0.3) is 0 Å². The smallest absolute Gasteiger partial charge is 0.226 e. The molecule has 1 amide bonds. The zero-order chi connectivity index (χ0) is 22.1. The zero-order valence-electron chi connectivity index (χ0n) is 18.7. The first kappa shape index (κ1) is 21.3. The molecule has 1 N–H and O–H groups in total. The molecule has 0 aliphatic heterocycles. The lowest BCUT2D eigenvalue weighted by Gasteiger charge is -2.55. The van der Waals surface area contributed by atoms with Crippen molar-refractivity contribution in [1.82, 2.24) is 5.32 Å². The van der Waals surface area contributed by atoms with Gasteiger partial charge in [0.15, 0.2) is 0 Å². The molecule has 0 aromatic heterocycles. The molecule has 4 nitrogen and oxygen atoms in total. The molecule has 0 radical (unpaired) electrons. The van der Waals surface area contributed by atoms with Crippen molar-refractivity contribution in [2.45, 2.75) is 51.0 Å². The molecule has 2 aromatic carbocycles. The number of halogens is 1. The van der Waals surface area contributed by atoms with Crippen LogP contribution >= 0.6 is 0 Å². The summed E-state index contributed by atoms with van der Waals surface area (Å²) in [4.78, 5) is 13.3. The topological polar surface area (TPSA) is 47.6 Å². The summed E-state index contributed by atoms with van der Waals surface area (Å²) in [5.41, 5.74) is 0.753. The van der Waals surface area contributed by atoms with Gasteiger partial charge in [-0.05, 0) is 98.2 Å². The summed E-state index contributed by atoms with van der Waals surface area (Å²) in [5.74, 6) is 3.68. The Hall–Kier alpha value is -2.56. The predicted octanol–water partition coefficient (Wildman–Crippen LogP) is 5.68. The number of hydrogen-bond acceptors (Lipinski definition) is 3. The third-order valence-electron chi connectivity index (χ3n) is 7.79. The Labute approximate surface area is 189 Å². The number of carbonyl (C=O) groups excluding carboxylic acids is 1. The van der Waals surface area contributed by atoms with E-state index in [4.69, 9.17) is 9.47 Å². The standard InChI is InChI=1S/C27H32FNO3/c1-31-23-6-8-24(9-7-23)32-25(21-2-4-22(28)5-3-21)10-11-29-26(30)27-15-18-12-19(16-27)14-20(13-18)17-27/h2-9,18-20,25H,10-17H2,1H3,(H,29,30). The fourth-order valence-electron chi connectivity index (χ4n) is 6.68. The number of ether oxygens (including phenoxy) is 2. The van der Waals surface area contributed by atoms with Gasteiger partial charge < -0.3 is 14.8 Å². The van der Waals surface area contributed by atoms with E-state index >= 15 is 0 Å². The average Bonchev–Trinajstić information content (AvgIpc) is 2.78. The highest BCUT2D eigenvalue weighted by molar-refractivity contribution is 5.83. The highest BCUT2D eigenvalue weighted by atomic mass is 19.1. The van der Waals surface area contributed by atoms with Crippen molar-refractivity contribution in [3.63, 3.8) is 0 Å². The second-order valence-corrected chi connectivity index (χ2v) is 10.1. The van der Waals surface area contributed by atoms with E-state index in [1.54, 1.807) is 19.2 Å². The van der Waals surface area contributed by atoms with Gasteiger partial charge in [-0.2, -0.15) is 0 Å². The van der Waals surface area contributed by atoms with Crippen LogP contribution in [0.2, 0.25) is 0 Å². The minimum Gasteiger partial charge on any atom is -0.497 e. The van der Waals surface area contributed by atoms with E-state index in [0.717, 1.165) is 48.3 Å². The van der Waals surface area contributed by atoms with Crippen molar-refractivity contribution >= 4 is 5.91 Å². The van der Waals surface area contributed by atoms with Crippen molar-refractivity contribution in [3.8, 4) is 11.5 Å². The summed E-state index contributed by atoms with van der Waals surface area (Å²) in [5, 5.41) is 3.24. The van der Waals surface area contributed by atoms with Crippen molar-refractivity contribution in [2.75, 3.05) is 13.7 Å². The number of nitrogens with one attached hydrogen (secondary N) is 1. The van der Waals surface area contributed by atoms with Crippen LogP contribution in [0.5, 0.6) is 11.5 Å². The summed E-state index contributed by atoms with van der Waals surface area (Å²) < 4.78 is 24.9. The van der Waals surface area contributed by atoms with Crippen LogP contribution in [0.15, 0.2) is 48.5 Å². The number of rotatable bonds is 8. The lowest BCUT2D eigenvalue weighted by Crippen LogP contribution is -2.53. The van der Waals surface area contributed by atoms with Crippen LogP contribution in [-0.4, -0.2) is 19.6 Å². The van der Waals surface area contributed by atoms with Gasteiger partial charge in [-0.1, -0.05) is 12.1 Å². The average molecular weight is 438 g/mol. The molecule has 0 heterocycles. The molecule has 4 aliphatic carbocycles. The molecule has 5 heteroatoms. The maximum absolute atomic E-state index is 13.5. The molecule has 1 unspecified atom stereocenters. The second-order valence-electron chi connectivity index (χ2n) is 10.1. The van der Waals surface area contributed by atoms with Crippen molar-refractivity contribution in [2.24, 2.45) is 23.2 Å². The summed E-state index contributed by atoms with van der Waals surface area (Å²) in [6.45, 7) is 0.540. The van der Waals surface area contributed by atoms with E-state index in [-0.39, 0.29) is 23.2 Å². The number of hydrogen-bond donors (Lipinski definition) is 1. The molecule has 4 fully saturated rings. The highest BCUT2D eigenvalue weighted by Crippen LogP contribution is 2.60. The normalized spacial score (nSPS) is 28.9. The SMILES string of the molecule is COc1ccc(OC(CCNC(=O)C23CC4CC(CC(C4)C2)C3)c2ccc(F)cc2)cc1. The zero-order valence-corrected chi connectivity index (χ0v) is 18.7. The first-order valence-corrected chi connectivity index (χ1v) is 11.9. The first-order chi connectivity index (χ1) is 15.5. The van der Waals surface area contributed by atoms with Crippen LogP contribution in [-0.2, 0) is 4.79 Å². The molecular weight excluding hydrogens is 405 g/mol. The second kappa shape index (κ2) is 8.76. The Morgan fingerprint density at radius 2 is 1.53 bits per heavy atom. The molecule has 32 heavy (non-hydrogen) atoms. The predicted molar refractivity (Wildman–Crippen MR) is 121 cm³/mol. The highest BCUT2D eigenvalue weighted by Gasteiger charge is 2.54. The van der Waals surface area contributed by atoms with Crippen LogP contribution in [0.3, 0.4) is 0 Å². The molecule has 4 saturated carbocycles. The number of methoxy groups -OCH3 is 1. The Kier molecular flexibility index (Phi) is 5.83. The van der Waals surface area contributed by atoms with Gasteiger partial charge in [0.05, 0.1) is 7.11 Å². The maximum Gasteiger partial charge on any atom is 0.226 e. The largest absolute Gasteiger partial charge is 0.497 e. The molecular formula is C27H32FNO3. The molecule has 0 spiro atoms. The van der Waals surface area contributed by atoms with E-state index in [0.29, 0.717) is 18.7 Å². The Balaban J connectivity index is 1.24. The number of benzene rings is 2. The summed E-state index contributed by atoms with van der Waals surface area (Å²) in [6, 6.07) is 13.8. The Bertz CT molecular complexity index is 905. The van der Waals surface area contributed by atoms with Crippen LogP contribution in [0.1, 0.15) is 56.6 Å². The minimum atomic E-state index is -0.277. The minimum absolute atomic E-state index is 0.142. The third kappa shape index (κ3) is 4.35. The maximum atomic E-state index is 13.5. The summed E-state index contributed by atoms with van der Waals surface area (Å²) >= 11 is 0. The number of carbonyl (C=O) groups is 1. The van der Waals surface area contributed by atoms with Gasteiger partial charge in [-0.3, -0.25) is 4.79 Å². The van der Waals surface area contributed by atoms with Crippen LogP contribution < -0.4 is 14.8 Å². The molecule has 0 saturated heterocycles. The van der Waals surface area contributed by atoms with E-state index < -0.39 is 0 Å². The van der Waals surface area contributed by atoms with Gasteiger partial charge in [-0.25, -0.2) is 4.39 Å². The van der Waals surface area contributed by atoms with E-state index in [1.165, 1.54) is 31.4 Å². The molecule has 4 bridgehead atoms. The van der Waals surface area contributed by atoms with E-state index in [2.05, 4.69) is 5.32 Å². The molecule has 1 atom stereocenters. The number of amides is 1. The van der Waals surface area contributed by atoms with Gasteiger partial charge in [-0.15, -0.1) is 0 Å². The quantitative estimate of drug-likeness (QED) is 0.578. The molecule has 2 aromatic rings. The van der Waals surface area contributed by atoms with Crippen molar-refractivity contribution < 1.29 is 18.7 Å².